The number of thiocarbonyl (C=S) groups is 1. The van der Waals surface area contributed by atoms with Crippen molar-refractivity contribution >= 4 is 50.7 Å². The van der Waals surface area contributed by atoms with Crippen LogP contribution in [0.1, 0.15) is 38.5 Å². The minimum Gasteiger partial charge on any atom is -0.361 e. The smallest absolute Gasteiger partial charge is 0.361 e. The number of hydrazine groups is 1. The molecule has 2 heterocycles. The molecule has 0 aliphatic heterocycles. The minimum absolute atomic E-state index is 0.0264. The molecule has 6 nitrogen and oxygen atoms in total. The Labute approximate surface area is 243 Å². The molecule has 0 spiro atoms. The van der Waals surface area contributed by atoms with Crippen LogP contribution < -0.4 is 16.2 Å². The Kier molecular flexibility index (Phi) is 7.13. The molecule has 6 rings (SSSR count). The Hall–Kier alpha value is -5.09. The van der Waals surface area contributed by atoms with Crippen LogP contribution in [0.2, 0.25) is 0 Å². The van der Waals surface area contributed by atoms with E-state index in [-0.39, 0.29) is 11.0 Å². The lowest BCUT2D eigenvalue weighted by Crippen LogP contribution is -2.43. The number of halogens is 3. The third-order valence-electron chi connectivity index (χ3n) is 7.13. The molecule has 0 aliphatic rings. The Morgan fingerprint density at radius 2 is 1.26 bits per heavy atom. The summed E-state index contributed by atoms with van der Waals surface area (Å²) < 4.78 is 38.3. The van der Waals surface area contributed by atoms with Crippen LogP contribution in [0, 0.1) is 0 Å². The van der Waals surface area contributed by atoms with Crippen LogP contribution in [-0.4, -0.2) is 21.0 Å². The average Bonchev–Trinajstić information content (AvgIpc) is 3.62. The molecule has 0 saturated heterocycles. The highest BCUT2D eigenvalue weighted by Crippen LogP contribution is 2.39. The zero-order valence-electron chi connectivity index (χ0n) is 21.9. The molecule has 0 saturated carbocycles. The first-order valence-corrected chi connectivity index (χ1v) is 13.5. The van der Waals surface area contributed by atoms with Gasteiger partial charge in [0.25, 0.3) is 5.91 Å². The van der Waals surface area contributed by atoms with Crippen LogP contribution in [-0.2, 0) is 6.18 Å². The van der Waals surface area contributed by atoms with Gasteiger partial charge in [0.15, 0.2) is 5.11 Å². The molecule has 0 aliphatic carbocycles. The lowest BCUT2D eigenvalue weighted by atomic mass is 9.84. The van der Waals surface area contributed by atoms with E-state index in [0.29, 0.717) is 11.3 Å². The summed E-state index contributed by atoms with van der Waals surface area (Å²) in [6.07, 6.45) is -0.357. The summed E-state index contributed by atoms with van der Waals surface area (Å²) in [6.45, 7) is 0. The number of nitrogens with one attached hydrogen (secondary N) is 5. The molecule has 6 aromatic rings. The number of fused-ring (bicyclic) bond motifs is 2. The van der Waals surface area contributed by atoms with Gasteiger partial charge in [-0.2, -0.15) is 13.2 Å². The molecule has 5 N–H and O–H groups in total. The third kappa shape index (κ3) is 5.44. The summed E-state index contributed by atoms with van der Waals surface area (Å²) in [7, 11) is 0. The van der Waals surface area contributed by atoms with Gasteiger partial charge in [0, 0.05) is 51.4 Å². The number of amides is 1. The number of carbonyl (C=O) groups is 1. The standard InChI is InChI=1S/C32H24F3N5OS/c33-32(34,35)21-13-15-22(16-14-21)38-31(42)40-39-30(41)20-11-9-19(10-12-20)29(25-17-36-27-7-3-1-5-23(25)27)26-18-37-28-8-4-2-6-24(26)28/h1-18,29,36-37H,(H,39,41)(H2,38,40,42). The fourth-order valence-electron chi connectivity index (χ4n) is 5.11. The van der Waals surface area contributed by atoms with E-state index >= 15 is 0 Å². The summed E-state index contributed by atoms with van der Waals surface area (Å²) >= 11 is 5.17. The molecule has 10 heteroatoms. The van der Waals surface area contributed by atoms with Gasteiger partial charge in [0.05, 0.1) is 5.56 Å². The van der Waals surface area contributed by atoms with Crippen molar-refractivity contribution in [3.8, 4) is 0 Å². The Morgan fingerprint density at radius 3 is 1.81 bits per heavy atom. The fourth-order valence-corrected chi connectivity index (χ4v) is 5.28. The monoisotopic (exact) mass is 583 g/mol. The van der Waals surface area contributed by atoms with Gasteiger partial charge in [0.1, 0.15) is 0 Å². The highest BCUT2D eigenvalue weighted by molar-refractivity contribution is 7.80. The van der Waals surface area contributed by atoms with Gasteiger partial charge in [-0.15, -0.1) is 0 Å². The van der Waals surface area contributed by atoms with Crippen molar-refractivity contribution in [1.29, 1.82) is 0 Å². The molecule has 4 aromatic carbocycles. The molecule has 0 bridgehead atoms. The van der Waals surface area contributed by atoms with E-state index in [2.05, 4.69) is 38.3 Å². The van der Waals surface area contributed by atoms with Gasteiger partial charge in [-0.1, -0.05) is 48.5 Å². The third-order valence-corrected chi connectivity index (χ3v) is 7.33. The zero-order chi connectivity index (χ0) is 29.3. The van der Waals surface area contributed by atoms with Crippen molar-refractivity contribution in [3.63, 3.8) is 0 Å². The molecule has 42 heavy (non-hydrogen) atoms. The van der Waals surface area contributed by atoms with E-state index in [1.807, 2.05) is 60.9 Å². The van der Waals surface area contributed by atoms with Gasteiger partial charge in [0.2, 0.25) is 0 Å². The maximum atomic E-state index is 12.8. The van der Waals surface area contributed by atoms with Crippen LogP contribution in [0.5, 0.6) is 0 Å². The first-order valence-electron chi connectivity index (χ1n) is 13.0. The van der Waals surface area contributed by atoms with Crippen LogP contribution >= 0.6 is 12.2 Å². The summed E-state index contributed by atoms with van der Waals surface area (Å²) in [4.78, 5) is 19.6. The SMILES string of the molecule is O=C(NNC(=S)Nc1ccc(C(F)(F)F)cc1)c1ccc(C(c2c[nH]c3ccccc23)c2c[nH]c3ccccc23)cc1. The normalized spacial score (nSPS) is 11.6. The van der Waals surface area contributed by atoms with Crippen molar-refractivity contribution in [2.75, 3.05) is 5.32 Å². The molecule has 210 valence electrons. The van der Waals surface area contributed by atoms with Crippen molar-refractivity contribution in [1.82, 2.24) is 20.8 Å². The van der Waals surface area contributed by atoms with Gasteiger partial charge in [-0.3, -0.25) is 15.6 Å². The van der Waals surface area contributed by atoms with Crippen molar-refractivity contribution < 1.29 is 18.0 Å². The maximum absolute atomic E-state index is 12.8. The van der Waals surface area contributed by atoms with E-state index in [1.165, 1.54) is 12.1 Å². The average molecular weight is 584 g/mol. The number of hydrogen-bond donors (Lipinski definition) is 5. The molecule has 1 amide bonds. The van der Waals surface area contributed by atoms with Gasteiger partial charge in [-0.05, 0) is 77.4 Å². The summed E-state index contributed by atoms with van der Waals surface area (Å²) in [5.41, 5.74) is 10.4. The number of carbonyl (C=O) groups excluding carboxylic acids is 1. The second-order valence-electron chi connectivity index (χ2n) is 9.74. The number of anilines is 1. The summed E-state index contributed by atoms with van der Waals surface area (Å²) in [5.74, 6) is -0.526. The summed E-state index contributed by atoms with van der Waals surface area (Å²) in [5, 5.41) is 5.01. The van der Waals surface area contributed by atoms with E-state index < -0.39 is 17.6 Å². The topological polar surface area (TPSA) is 84.7 Å². The number of hydrogen-bond acceptors (Lipinski definition) is 2. The molecule has 0 unspecified atom stereocenters. The molecule has 0 fully saturated rings. The number of aromatic amines is 2. The number of alkyl halides is 3. The van der Waals surface area contributed by atoms with Crippen molar-refractivity contribution in [2.45, 2.75) is 12.1 Å². The molecular formula is C32H24F3N5OS. The molecular weight excluding hydrogens is 559 g/mol. The first kappa shape index (κ1) is 27.1. The van der Waals surface area contributed by atoms with E-state index in [9.17, 15) is 18.0 Å². The Balaban J connectivity index is 1.20. The van der Waals surface area contributed by atoms with Gasteiger partial charge >= 0.3 is 6.18 Å². The predicted molar refractivity (Wildman–Crippen MR) is 162 cm³/mol. The van der Waals surface area contributed by atoms with E-state index in [4.69, 9.17) is 12.2 Å². The number of benzene rings is 4. The number of H-pyrrole nitrogens is 2. The van der Waals surface area contributed by atoms with Crippen molar-refractivity contribution in [2.24, 2.45) is 0 Å². The number of aromatic nitrogens is 2. The van der Waals surface area contributed by atoms with Crippen LogP contribution in [0.4, 0.5) is 18.9 Å². The van der Waals surface area contributed by atoms with Gasteiger partial charge in [-0.25, -0.2) is 0 Å². The molecule has 0 atom stereocenters. The Bertz CT molecular complexity index is 1820. The Morgan fingerprint density at radius 1 is 0.714 bits per heavy atom. The zero-order valence-corrected chi connectivity index (χ0v) is 22.7. The van der Waals surface area contributed by atoms with Crippen LogP contribution in [0.3, 0.4) is 0 Å². The van der Waals surface area contributed by atoms with E-state index in [0.717, 1.165) is 50.6 Å². The largest absolute Gasteiger partial charge is 0.416 e. The second-order valence-corrected chi connectivity index (χ2v) is 10.2. The van der Waals surface area contributed by atoms with Crippen molar-refractivity contribution in [3.05, 3.63) is 137 Å². The second kappa shape index (κ2) is 11.1. The lowest BCUT2D eigenvalue weighted by molar-refractivity contribution is -0.137. The maximum Gasteiger partial charge on any atom is 0.416 e. The number of rotatable bonds is 5. The van der Waals surface area contributed by atoms with Crippen LogP contribution in [0.15, 0.2) is 109 Å². The van der Waals surface area contributed by atoms with E-state index in [1.54, 1.807) is 12.1 Å². The predicted octanol–water partition coefficient (Wildman–Crippen LogP) is 7.48. The highest BCUT2D eigenvalue weighted by atomic mass is 32.1. The quantitative estimate of drug-likeness (QED) is 0.108. The molecule has 0 radical (unpaired) electrons. The first-order chi connectivity index (χ1) is 20.3. The summed E-state index contributed by atoms with van der Waals surface area (Å²) in [6, 6.07) is 28.1. The highest BCUT2D eigenvalue weighted by Gasteiger charge is 2.30. The minimum atomic E-state index is -4.42. The fraction of sp³-hybridized carbons (Fsp3) is 0.0625. The van der Waals surface area contributed by atoms with Crippen LogP contribution in [0.25, 0.3) is 21.8 Å². The van der Waals surface area contributed by atoms with Gasteiger partial charge < -0.3 is 15.3 Å². The number of para-hydroxylation sites is 2. The lowest BCUT2D eigenvalue weighted by Gasteiger charge is -2.18. The molecule has 2 aromatic heterocycles.